The molecule has 102 valence electrons. The molecule has 5 nitrogen and oxygen atoms in total. The van der Waals surface area contributed by atoms with E-state index < -0.39 is 0 Å². The predicted molar refractivity (Wildman–Crippen MR) is 71.3 cm³/mol. The molecular formula is C13H24N4O. The molecule has 0 aromatic carbocycles. The van der Waals surface area contributed by atoms with Gasteiger partial charge in [0.25, 0.3) is 0 Å². The van der Waals surface area contributed by atoms with Crippen molar-refractivity contribution in [3.05, 3.63) is 5.89 Å². The van der Waals surface area contributed by atoms with Gasteiger partial charge in [0.1, 0.15) is 0 Å². The summed E-state index contributed by atoms with van der Waals surface area (Å²) in [5, 5.41) is 14.3. The fraction of sp³-hybridized carbons (Fsp3) is 0.846. The van der Waals surface area contributed by atoms with Crippen molar-refractivity contribution in [3.63, 3.8) is 0 Å². The van der Waals surface area contributed by atoms with Crippen molar-refractivity contribution in [1.29, 1.82) is 0 Å². The lowest BCUT2D eigenvalue weighted by Crippen LogP contribution is -2.26. The minimum atomic E-state index is 0.501. The maximum absolute atomic E-state index is 5.51. The Morgan fingerprint density at radius 1 is 1.22 bits per heavy atom. The third kappa shape index (κ3) is 3.70. The fourth-order valence-electron chi connectivity index (χ4n) is 2.71. The molecule has 2 N–H and O–H groups in total. The molecule has 0 unspecified atom stereocenters. The average Bonchev–Trinajstić information content (AvgIpc) is 2.80. The Morgan fingerprint density at radius 2 is 2.00 bits per heavy atom. The standard InChI is InChI=1S/C13H24N4O/c1-3-4-10-5-7-11(8-6-10)15-13-17-16-12(18-13)9-14-2/h10-11,14H,3-9H2,1-2H3,(H,15,17). The first kappa shape index (κ1) is 13.3. The highest BCUT2D eigenvalue weighted by Crippen LogP contribution is 2.29. The maximum Gasteiger partial charge on any atom is 0.315 e. The molecule has 0 saturated heterocycles. The van der Waals surface area contributed by atoms with Crippen LogP contribution in [0, 0.1) is 5.92 Å². The molecule has 1 aliphatic carbocycles. The number of rotatable bonds is 6. The van der Waals surface area contributed by atoms with Gasteiger partial charge in [-0.15, -0.1) is 5.10 Å². The zero-order valence-electron chi connectivity index (χ0n) is 11.4. The zero-order valence-corrected chi connectivity index (χ0v) is 11.4. The lowest BCUT2D eigenvalue weighted by molar-refractivity contribution is 0.315. The van der Waals surface area contributed by atoms with Crippen molar-refractivity contribution in [2.24, 2.45) is 5.92 Å². The Kier molecular flexibility index (Phi) is 4.99. The van der Waals surface area contributed by atoms with E-state index in [2.05, 4.69) is 27.8 Å². The van der Waals surface area contributed by atoms with Gasteiger partial charge in [0.05, 0.1) is 6.54 Å². The Hall–Kier alpha value is -1.10. The second-order valence-electron chi connectivity index (χ2n) is 5.18. The van der Waals surface area contributed by atoms with Gasteiger partial charge in [-0.25, -0.2) is 0 Å². The first-order valence-corrected chi connectivity index (χ1v) is 7.05. The van der Waals surface area contributed by atoms with E-state index in [1.54, 1.807) is 0 Å². The molecule has 0 bridgehead atoms. The van der Waals surface area contributed by atoms with E-state index in [4.69, 9.17) is 4.42 Å². The van der Waals surface area contributed by atoms with E-state index >= 15 is 0 Å². The Bertz CT molecular complexity index is 345. The van der Waals surface area contributed by atoms with Gasteiger partial charge in [-0.1, -0.05) is 24.9 Å². The van der Waals surface area contributed by atoms with Gasteiger partial charge in [-0.2, -0.15) is 0 Å². The average molecular weight is 252 g/mol. The van der Waals surface area contributed by atoms with Crippen LogP contribution in [0.4, 0.5) is 6.01 Å². The largest absolute Gasteiger partial charge is 0.407 e. The van der Waals surface area contributed by atoms with Crippen LogP contribution in [0.25, 0.3) is 0 Å². The van der Waals surface area contributed by atoms with Crippen LogP contribution in [0.2, 0.25) is 0 Å². The monoisotopic (exact) mass is 252 g/mol. The van der Waals surface area contributed by atoms with Gasteiger partial charge in [-0.05, 0) is 38.6 Å². The van der Waals surface area contributed by atoms with E-state index in [1.807, 2.05) is 7.05 Å². The Morgan fingerprint density at radius 3 is 2.67 bits per heavy atom. The van der Waals surface area contributed by atoms with Crippen LogP contribution in [0.15, 0.2) is 4.42 Å². The molecule has 2 rings (SSSR count). The van der Waals surface area contributed by atoms with Crippen molar-refractivity contribution >= 4 is 6.01 Å². The predicted octanol–water partition coefficient (Wildman–Crippen LogP) is 2.56. The van der Waals surface area contributed by atoms with E-state index in [0.717, 1.165) is 5.92 Å². The molecule has 0 amide bonds. The van der Waals surface area contributed by atoms with Gasteiger partial charge in [-0.3, -0.25) is 0 Å². The normalized spacial score (nSPS) is 24.1. The highest BCUT2D eigenvalue weighted by molar-refractivity contribution is 5.19. The topological polar surface area (TPSA) is 63.0 Å². The number of nitrogens with zero attached hydrogens (tertiary/aromatic N) is 2. The van der Waals surface area contributed by atoms with E-state index in [1.165, 1.54) is 38.5 Å². The quantitative estimate of drug-likeness (QED) is 0.814. The molecule has 0 aliphatic heterocycles. The van der Waals surface area contributed by atoms with Gasteiger partial charge >= 0.3 is 6.01 Å². The van der Waals surface area contributed by atoms with E-state index in [9.17, 15) is 0 Å². The zero-order chi connectivity index (χ0) is 12.8. The minimum Gasteiger partial charge on any atom is -0.407 e. The molecule has 5 heteroatoms. The van der Waals surface area contributed by atoms with Crippen LogP contribution in [0.1, 0.15) is 51.3 Å². The molecule has 1 aromatic heterocycles. The van der Waals surface area contributed by atoms with Gasteiger partial charge < -0.3 is 15.1 Å². The van der Waals surface area contributed by atoms with Crippen LogP contribution in [0.3, 0.4) is 0 Å². The highest BCUT2D eigenvalue weighted by Gasteiger charge is 2.21. The van der Waals surface area contributed by atoms with Crippen molar-refractivity contribution < 1.29 is 4.42 Å². The van der Waals surface area contributed by atoms with E-state index in [-0.39, 0.29) is 0 Å². The maximum atomic E-state index is 5.51. The highest BCUT2D eigenvalue weighted by atomic mass is 16.4. The second kappa shape index (κ2) is 6.73. The van der Waals surface area contributed by atoms with Crippen LogP contribution in [0.5, 0.6) is 0 Å². The van der Waals surface area contributed by atoms with Crippen molar-refractivity contribution in [2.45, 2.75) is 58.0 Å². The van der Waals surface area contributed by atoms with Crippen LogP contribution >= 0.6 is 0 Å². The summed E-state index contributed by atoms with van der Waals surface area (Å²) in [5.41, 5.74) is 0. The molecule has 0 atom stereocenters. The van der Waals surface area contributed by atoms with Crippen LogP contribution < -0.4 is 10.6 Å². The first-order chi connectivity index (χ1) is 8.81. The SMILES string of the molecule is CCCC1CCC(Nc2nnc(CNC)o2)CC1. The smallest absolute Gasteiger partial charge is 0.315 e. The second-order valence-corrected chi connectivity index (χ2v) is 5.18. The summed E-state index contributed by atoms with van der Waals surface area (Å²) in [6.45, 7) is 2.89. The van der Waals surface area contributed by atoms with Gasteiger partial charge in [0, 0.05) is 6.04 Å². The fourth-order valence-corrected chi connectivity index (χ4v) is 2.71. The molecule has 1 heterocycles. The Balaban J connectivity index is 1.76. The first-order valence-electron chi connectivity index (χ1n) is 7.05. The number of anilines is 1. The number of nitrogens with one attached hydrogen (secondary N) is 2. The summed E-state index contributed by atoms with van der Waals surface area (Å²) in [4.78, 5) is 0. The lowest BCUT2D eigenvalue weighted by atomic mass is 9.83. The molecule has 1 aliphatic rings. The third-order valence-electron chi connectivity index (χ3n) is 3.67. The summed E-state index contributed by atoms with van der Waals surface area (Å²) in [5.74, 6) is 1.57. The number of aromatic nitrogens is 2. The third-order valence-corrected chi connectivity index (χ3v) is 3.67. The summed E-state index contributed by atoms with van der Waals surface area (Å²) < 4.78 is 5.51. The van der Waals surface area contributed by atoms with Crippen molar-refractivity contribution in [3.8, 4) is 0 Å². The molecule has 1 aromatic rings. The molecule has 1 fully saturated rings. The number of hydrogen-bond acceptors (Lipinski definition) is 5. The van der Waals surface area contributed by atoms with E-state index in [0.29, 0.717) is 24.5 Å². The number of hydrogen-bond donors (Lipinski definition) is 2. The summed E-state index contributed by atoms with van der Waals surface area (Å²) in [7, 11) is 1.87. The van der Waals surface area contributed by atoms with Crippen LogP contribution in [-0.4, -0.2) is 23.3 Å². The molecular weight excluding hydrogens is 228 g/mol. The molecule has 0 radical (unpaired) electrons. The summed E-state index contributed by atoms with van der Waals surface area (Å²) in [6.07, 6.45) is 7.76. The van der Waals surface area contributed by atoms with Crippen molar-refractivity contribution in [2.75, 3.05) is 12.4 Å². The summed E-state index contributed by atoms with van der Waals surface area (Å²) in [6, 6.07) is 1.07. The minimum absolute atomic E-state index is 0.501. The lowest BCUT2D eigenvalue weighted by Gasteiger charge is -2.28. The van der Waals surface area contributed by atoms with Gasteiger partial charge in [0.2, 0.25) is 5.89 Å². The summed E-state index contributed by atoms with van der Waals surface area (Å²) >= 11 is 0. The Labute approximate surface area is 109 Å². The van der Waals surface area contributed by atoms with Crippen molar-refractivity contribution in [1.82, 2.24) is 15.5 Å². The molecule has 1 saturated carbocycles. The molecule has 18 heavy (non-hydrogen) atoms. The van der Waals surface area contributed by atoms with Crippen LogP contribution in [-0.2, 0) is 6.54 Å². The van der Waals surface area contributed by atoms with Gasteiger partial charge in [0.15, 0.2) is 0 Å². The molecule has 0 spiro atoms.